The third kappa shape index (κ3) is 4.10. The zero-order valence-corrected chi connectivity index (χ0v) is 13.5. The van der Waals surface area contributed by atoms with E-state index in [4.69, 9.17) is 5.11 Å². The van der Waals surface area contributed by atoms with Crippen LogP contribution >= 0.6 is 0 Å². The van der Waals surface area contributed by atoms with E-state index in [9.17, 15) is 14.0 Å². The number of nitrogens with zero attached hydrogens (tertiary/aromatic N) is 3. The van der Waals surface area contributed by atoms with E-state index in [2.05, 4.69) is 15.5 Å². The highest BCUT2D eigenvalue weighted by Gasteiger charge is 2.19. The molecule has 0 unspecified atom stereocenters. The molecule has 1 heterocycles. The van der Waals surface area contributed by atoms with Crippen LogP contribution in [0.25, 0.3) is 5.69 Å². The molecule has 0 aliphatic heterocycles. The fourth-order valence-electron chi connectivity index (χ4n) is 2.51. The summed E-state index contributed by atoms with van der Waals surface area (Å²) in [5, 5.41) is 19.2. The van der Waals surface area contributed by atoms with E-state index in [0.717, 1.165) is 0 Å². The van der Waals surface area contributed by atoms with Crippen molar-refractivity contribution in [2.24, 2.45) is 0 Å². The Labute approximate surface area is 148 Å². The van der Waals surface area contributed by atoms with Gasteiger partial charge in [-0.1, -0.05) is 18.2 Å². The number of aromatic nitrogens is 3. The molecule has 2 N–H and O–H groups in total. The Bertz CT molecular complexity index is 910. The minimum absolute atomic E-state index is 0.317. The van der Waals surface area contributed by atoms with Crippen LogP contribution in [0.4, 0.5) is 4.39 Å². The van der Waals surface area contributed by atoms with Crippen molar-refractivity contribution in [1.29, 1.82) is 0 Å². The molecule has 0 bridgehead atoms. The highest BCUT2D eigenvalue weighted by molar-refractivity contribution is 5.95. The number of hydrogen-bond acceptors (Lipinski definition) is 4. The van der Waals surface area contributed by atoms with Crippen molar-refractivity contribution in [3.8, 4) is 5.69 Å². The Hall–Kier alpha value is -3.55. The molecular weight excluding hydrogens is 339 g/mol. The number of carboxylic acid groups (broad SMARTS) is 1. The molecule has 0 saturated heterocycles. The maximum Gasteiger partial charge on any atom is 0.305 e. The number of aliphatic carboxylic acids is 1. The van der Waals surface area contributed by atoms with E-state index in [1.54, 1.807) is 28.8 Å². The topological polar surface area (TPSA) is 97.1 Å². The summed E-state index contributed by atoms with van der Waals surface area (Å²) in [6, 6.07) is 11.3. The van der Waals surface area contributed by atoms with Crippen molar-refractivity contribution in [2.75, 3.05) is 0 Å². The van der Waals surface area contributed by atoms with Gasteiger partial charge < -0.3 is 10.4 Å². The van der Waals surface area contributed by atoms with Gasteiger partial charge in [-0.15, -0.1) is 10.2 Å². The first-order chi connectivity index (χ1) is 12.5. The number of rotatable bonds is 6. The summed E-state index contributed by atoms with van der Waals surface area (Å²) in [5.41, 5.74) is 1.56. The van der Waals surface area contributed by atoms with Crippen LogP contribution in [0.3, 0.4) is 0 Å². The van der Waals surface area contributed by atoms with Crippen LogP contribution in [0.1, 0.15) is 28.4 Å². The van der Waals surface area contributed by atoms with Gasteiger partial charge in [-0.3, -0.25) is 14.2 Å². The van der Waals surface area contributed by atoms with E-state index in [0.29, 0.717) is 16.8 Å². The van der Waals surface area contributed by atoms with Gasteiger partial charge in [0.15, 0.2) is 0 Å². The minimum Gasteiger partial charge on any atom is -0.481 e. The number of hydrogen-bond donors (Lipinski definition) is 2. The van der Waals surface area contributed by atoms with Crippen LogP contribution in [0, 0.1) is 5.82 Å². The second-order valence-corrected chi connectivity index (χ2v) is 5.59. The predicted molar refractivity (Wildman–Crippen MR) is 90.2 cm³/mol. The van der Waals surface area contributed by atoms with Crippen LogP contribution in [0.5, 0.6) is 0 Å². The minimum atomic E-state index is -1.07. The molecule has 1 atom stereocenters. The highest BCUT2D eigenvalue weighted by Crippen LogP contribution is 2.19. The van der Waals surface area contributed by atoms with Crippen molar-refractivity contribution in [3.63, 3.8) is 0 Å². The summed E-state index contributed by atoms with van der Waals surface area (Å²) in [5.74, 6) is -1.94. The highest BCUT2D eigenvalue weighted by atomic mass is 19.1. The van der Waals surface area contributed by atoms with Gasteiger partial charge in [-0.2, -0.15) is 0 Å². The molecule has 0 aliphatic carbocycles. The number of carboxylic acids is 1. The Kier molecular flexibility index (Phi) is 5.02. The molecule has 0 saturated carbocycles. The predicted octanol–water partition coefficient (Wildman–Crippen LogP) is 2.35. The largest absolute Gasteiger partial charge is 0.481 e. The molecular formula is C18H15FN4O3. The van der Waals surface area contributed by atoms with Gasteiger partial charge in [-0.25, -0.2) is 4.39 Å². The summed E-state index contributed by atoms with van der Waals surface area (Å²) < 4.78 is 14.7. The number of carbonyl (C=O) groups excluding carboxylic acids is 1. The van der Waals surface area contributed by atoms with Crippen molar-refractivity contribution in [3.05, 3.63) is 78.1 Å². The van der Waals surface area contributed by atoms with Gasteiger partial charge in [0.05, 0.1) is 12.5 Å². The molecule has 2 aromatic carbocycles. The fourth-order valence-corrected chi connectivity index (χ4v) is 2.51. The first-order valence-corrected chi connectivity index (χ1v) is 7.76. The molecule has 3 rings (SSSR count). The van der Waals surface area contributed by atoms with Gasteiger partial charge in [0.1, 0.15) is 18.5 Å². The van der Waals surface area contributed by atoms with Gasteiger partial charge >= 0.3 is 5.97 Å². The molecule has 0 aliphatic rings. The van der Waals surface area contributed by atoms with Gasteiger partial charge in [0.2, 0.25) is 0 Å². The number of nitrogens with one attached hydrogen (secondary N) is 1. The summed E-state index contributed by atoms with van der Waals surface area (Å²) in [6.45, 7) is 0. The first kappa shape index (κ1) is 17.3. The molecule has 132 valence electrons. The summed E-state index contributed by atoms with van der Waals surface area (Å²) in [6.07, 6.45) is 2.69. The van der Waals surface area contributed by atoms with E-state index in [1.165, 1.54) is 36.9 Å². The fraction of sp³-hybridized carbons (Fsp3) is 0.111. The van der Waals surface area contributed by atoms with Gasteiger partial charge in [0.25, 0.3) is 5.91 Å². The molecule has 0 spiro atoms. The zero-order chi connectivity index (χ0) is 18.5. The molecule has 3 aromatic rings. The van der Waals surface area contributed by atoms with Gasteiger partial charge in [0, 0.05) is 11.3 Å². The third-order valence-corrected chi connectivity index (χ3v) is 3.78. The van der Waals surface area contributed by atoms with E-state index in [-0.39, 0.29) is 6.42 Å². The maximum absolute atomic E-state index is 13.1. The Balaban J connectivity index is 1.82. The van der Waals surface area contributed by atoms with Crippen LogP contribution < -0.4 is 5.32 Å². The second-order valence-electron chi connectivity index (χ2n) is 5.59. The quantitative estimate of drug-likeness (QED) is 0.708. The lowest BCUT2D eigenvalue weighted by Gasteiger charge is -2.18. The van der Waals surface area contributed by atoms with Crippen LogP contribution in [-0.2, 0) is 4.79 Å². The molecule has 0 radical (unpaired) electrons. The Morgan fingerprint density at radius 1 is 1.12 bits per heavy atom. The second kappa shape index (κ2) is 7.56. The summed E-state index contributed by atoms with van der Waals surface area (Å²) in [7, 11) is 0. The number of carbonyl (C=O) groups is 2. The molecule has 1 amide bonds. The molecule has 0 fully saturated rings. The van der Waals surface area contributed by atoms with Crippen LogP contribution in [0.15, 0.2) is 61.2 Å². The smallest absolute Gasteiger partial charge is 0.305 e. The van der Waals surface area contributed by atoms with Crippen LogP contribution in [0.2, 0.25) is 0 Å². The SMILES string of the molecule is O=C(O)C[C@H](NC(=O)c1cccc(-n2cnnc2)c1)c1ccc(F)cc1. The normalized spacial score (nSPS) is 11.7. The van der Waals surface area contributed by atoms with E-state index >= 15 is 0 Å². The summed E-state index contributed by atoms with van der Waals surface area (Å²) in [4.78, 5) is 23.7. The van der Waals surface area contributed by atoms with Crippen molar-refractivity contribution < 1.29 is 19.1 Å². The maximum atomic E-state index is 13.1. The molecule has 1 aromatic heterocycles. The first-order valence-electron chi connectivity index (χ1n) is 7.76. The lowest BCUT2D eigenvalue weighted by atomic mass is 10.0. The lowest BCUT2D eigenvalue weighted by molar-refractivity contribution is -0.137. The standard InChI is InChI=1S/C18H15FN4O3/c19-14-6-4-12(5-7-14)16(9-17(24)25)22-18(26)13-2-1-3-15(8-13)23-10-20-21-11-23/h1-8,10-11,16H,9H2,(H,22,26)(H,24,25)/t16-/m0/s1. The van der Waals surface area contributed by atoms with E-state index < -0.39 is 23.7 Å². The zero-order valence-electron chi connectivity index (χ0n) is 13.5. The molecule has 8 heteroatoms. The lowest BCUT2D eigenvalue weighted by Crippen LogP contribution is -2.30. The van der Waals surface area contributed by atoms with Crippen molar-refractivity contribution in [1.82, 2.24) is 20.1 Å². The van der Waals surface area contributed by atoms with E-state index in [1.807, 2.05) is 0 Å². The Morgan fingerprint density at radius 3 is 2.46 bits per heavy atom. The Morgan fingerprint density at radius 2 is 1.81 bits per heavy atom. The van der Waals surface area contributed by atoms with Crippen molar-refractivity contribution >= 4 is 11.9 Å². The average Bonchev–Trinajstić information content (AvgIpc) is 3.16. The monoisotopic (exact) mass is 354 g/mol. The molecule has 7 nitrogen and oxygen atoms in total. The van der Waals surface area contributed by atoms with Gasteiger partial charge in [-0.05, 0) is 35.9 Å². The average molecular weight is 354 g/mol. The number of halogens is 1. The van der Waals surface area contributed by atoms with Crippen LogP contribution in [-0.4, -0.2) is 31.7 Å². The summed E-state index contributed by atoms with van der Waals surface area (Å²) >= 11 is 0. The third-order valence-electron chi connectivity index (χ3n) is 3.78. The molecule has 26 heavy (non-hydrogen) atoms. The van der Waals surface area contributed by atoms with Crippen molar-refractivity contribution in [2.45, 2.75) is 12.5 Å². The number of amides is 1. The number of benzene rings is 2.